The Bertz CT molecular complexity index is 235. The molecule has 4 heteroatoms. The molecule has 0 spiro atoms. The van der Waals surface area contributed by atoms with Crippen molar-refractivity contribution in [2.45, 2.75) is 0 Å². The quantitative estimate of drug-likeness (QED) is 0.326. The molecule has 0 heterocycles. The highest BCUT2D eigenvalue weighted by Gasteiger charge is 2.15. The van der Waals surface area contributed by atoms with E-state index in [0.29, 0.717) is 0 Å². The fraction of sp³-hybridized carbons (Fsp3) is 0. The first-order valence-corrected chi connectivity index (χ1v) is 2.64. The van der Waals surface area contributed by atoms with Gasteiger partial charge in [0.15, 0.2) is 0 Å². The maximum Gasteiger partial charge on any atom is 0.227 e. The third kappa shape index (κ3) is 0.907. The molecule has 10 heavy (non-hydrogen) atoms. The highest BCUT2D eigenvalue weighted by atomic mass is 16.2. The van der Waals surface area contributed by atoms with Gasteiger partial charge in [0.1, 0.15) is 0 Å². The van der Waals surface area contributed by atoms with Gasteiger partial charge in [-0.1, -0.05) is 0 Å². The zero-order valence-electron chi connectivity index (χ0n) is 5.13. The Kier molecular flexibility index (Phi) is 1.30. The minimum atomic E-state index is -0.619. The van der Waals surface area contributed by atoms with Crippen LogP contribution in [0.15, 0.2) is 23.5 Å². The van der Waals surface area contributed by atoms with Crippen LogP contribution in [0.4, 0.5) is 0 Å². The van der Waals surface area contributed by atoms with Gasteiger partial charge < -0.3 is 11.5 Å². The first-order chi connectivity index (χ1) is 4.61. The first kappa shape index (κ1) is 6.54. The van der Waals surface area contributed by atoms with E-state index in [9.17, 15) is 9.59 Å². The van der Waals surface area contributed by atoms with Gasteiger partial charge in [-0.05, 0) is 0 Å². The molecule has 0 aromatic carbocycles. The van der Waals surface area contributed by atoms with Crippen LogP contribution in [0, 0.1) is 0 Å². The van der Waals surface area contributed by atoms with E-state index in [1.54, 1.807) is 0 Å². The van der Waals surface area contributed by atoms with Crippen LogP contribution in [0.2, 0.25) is 0 Å². The van der Waals surface area contributed by atoms with E-state index in [2.05, 4.69) is 0 Å². The SMILES string of the molecule is NC1=CC(=O)C(=O)C=C1N. The van der Waals surface area contributed by atoms with Crippen LogP contribution in [-0.2, 0) is 9.59 Å². The predicted molar refractivity (Wildman–Crippen MR) is 34.6 cm³/mol. The third-order valence-electron chi connectivity index (χ3n) is 1.15. The maximum atomic E-state index is 10.5. The van der Waals surface area contributed by atoms with E-state index in [1.807, 2.05) is 0 Å². The lowest BCUT2D eigenvalue weighted by Gasteiger charge is -2.04. The van der Waals surface area contributed by atoms with Crippen molar-refractivity contribution < 1.29 is 9.59 Å². The highest BCUT2D eigenvalue weighted by Crippen LogP contribution is 2.03. The summed E-state index contributed by atoms with van der Waals surface area (Å²) in [5.74, 6) is -1.24. The Morgan fingerprint density at radius 1 is 0.900 bits per heavy atom. The Hall–Kier alpha value is -1.58. The molecule has 0 bridgehead atoms. The van der Waals surface area contributed by atoms with Crippen LogP contribution in [0.3, 0.4) is 0 Å². The molecule has 0 aliphatic heterocycles. The molecule has 0 saturated heterocycles. The minimum absolute atomic E-state index is 0.157. The summed E-state index contributed by atoms with van der Waals surface area (Å²) in [6.45, 7) is 0. The minimum Gasteiger partial charge on any atom is -0.397 e. The number of carbonyl (C=O) groups is 2. The molecule has 0 radical (unpaired) electrons. The molecular weight excluding hydrogens is 132 g/mol. The molecule has 0 fully saturated rings. The normalized spacial score (nSPS) is 18.4. The molecular formula is C6H6N2O2. The van der Waals surface area contributed by atoms with Gasteiger partial charge in [-0.25, -0.2) is 0 Å². The summed E-state index contributed by atoms with van der Waals surface area (Å²) in [5.41, 5.74) is 10.8. The standard InChI is InChI=1S/C6H6N2O2/c7-3-1-5(9)6(10)2-4(3)8/h1-2H,7-8H2. The van der Waals surface area contributed by atoms with E-state index >= 15 is 0 Å². The Labute approximate surface area is 57.2 Å². The van der Waals surface area contributed by atoms with E-state index in [-0.39, 0.29) is 11.4 Å². The van der Waals surface area contributed by atoms with Crippen LogP contribution in [0.5, 0.6) is 0 Å². The van der Waals surface area contributed by atoms with Crippen LogP contribution in [0.1, 0.15) is 0 Å². The summed E-state index contributed by atoms with van der Waals surface area (Å²) >= 11 is 0. The Morgan fingerprint density at radius 3 is 1.50 bits per heavy atom. The van der Waals surface area contributed by atoms with Gasteiger partial charge in [-0.2, -0.15) is 0 Å². The van der Waals surface area contributed by atoms with Gasteiger partial charge in [-0.15, -0.1) is 0 Å². The summed E-state index contributed by atoms with van der Waals surface area (Å²) in [7, 11) is 0. The Balaban J connectivity index is 3.06. The highest BCUT2D eigenvalue weighted by molar-refractivity contribution is 6.46. The van der Waals surface area contributed by atoms with Gasteiger partial charge in [-0.3, -0.25) is 9.59 Å². The van der Waals surface area contributed by atoms with Crippen molar-refractivity contribution in [1.29, 1.82) is 0 Å². The van der Waals surface area contributed by atoms with E-state index in [1.165, 1.54) is 0 Å². The van der Waals surface area contributed by atoms with Crippen molar-refractivity contribution in [2.75, 3.05) is 0 Å². The van der Waals surface area contributed by atoms with Crippen LogP contribution in [-0.4, -0.2) is 11.6 Å². The lowest BCUT2D eigenvalue weighted by Crippen LogP contribution is -2.21. The molecule has 0 atom stereocenters. The maximum absolute atomic E-state index is 10.5. The topological polar surface area (TPSA) is 86.2 Å². The fourth-order valence-electron chi connectivity index (χ4n) is 0.591. The molecule has 0 amide bonds. The van der Waals surface area contributed by atoms with Gasteiger partial charge in [0.25, 0.3) is 0 Å². The molecule has 0 unspecified atom stereocenters. The zero-order chi connectivity index (χ0) is 7.72. The number of hydrogen-bond acceptors (Lipinski definition) is 4. The second kappa shape index (κ2) is 1.98. The predicted octanol–water partition coefficient (Wildman–Crippen LogP) is -1.18. The fourth-order valence-corrected chi connectivity index (χ4v) is 0.591. The smallest absolute Gasteiger partial charge is 0.227 e. The van der Waals surface area contributed by atoms with E-state index in [0.717, 1.165) is 12.2 Å². The van der Waals surface area contributed by atoms with E-state index in [4.69, 9.17) is 11.5 Å². The van der Waals surface area contributed by atoms with Gasteiger partial charge >= 0.3 is 0 Å². The number of hydrogen-bond donors (Lipinski definition) is 2. The molecule has 1 rings (SSSR count). The number of rotatable bonds is 0. The van der Waals surface area contributed by atoms with Gasteiger partial charge in [0, 0.05) is 12.2 Å². The average Bonchev–Trinajstić information content (AvgIpc) is 1.84. The van der Waals surface area contributed by atoms with Crippen molar-refractivity contribution in [3.05, 3.63) is 23.5 Å². The summed E-state index contributed by atoms with van der Waals surface area (Å²) in [6.07, 6.45) is 2.05. The van der Waals surface area contributed by atoms with Crippen molar-refractivity contribution >= 4 is 11.6 Å². The summed E-state index contributed by atoms with van der Waals surface area (Å²) < 4.78 is 0. The molecule has 0 aromatic heterocycles. The summed E-state index contributed by atoms with van der Waals surface area (Å²) in [5, 5.41) is 0. The number of carbonyl (C=O) groups excluding carboxylic acids is 2. The van der Waals surface area contributed by atoms with Crippen LogP contribution in [0.25, 0.3) is 0 Å². The summed E-state index contributed by atoms with van der Waals surface area (Å²) in [4.78, 5) is 21.1. The molecule has 52 valence electrons. The summed E-state index contributed by atoms with van der Waals surface area (Å²) in [6, 6.07) is 0. The molecule has 0 aromatic rings. The largest absolute Gasteiger partial charge is 0.397 e. The lowest BCUT2D eigenvalue weighted by molar-refractivity contribution is -0.131. The molecule has 4 nitrogen and oxygen atoms in total. The Morgan fingerprint density at radius 2 is 1.20 bits per heavy atom. The van der Waals surface area contributed by atoms with E-state index < -0.39 is 11.6 Å². The molecule has 4 N–H and O–H groups in total. The van der Waals surface area contributed by atoms with Crippen molar-refractivity contribution in [3.8, 4) is 0 Å². The first-order valence-electron chi connectivity index (χ1n) is 2.64. The van der Waals surface area contributed by atoms with Crippen molar-refractivity contribution in [1.82, 2.24) is 0 Å². The van der Waals surface area contributed by atoms with Crippen molar-refractivity contribution in [2.24, 2.45) is 11.5 Å². The third-order valence-corrected chi connectivity index (χ3v) is 1.15. The average molecular weight is 138 g/mol. The van der Waals surface area contributed by atoms with Crippen LogP contribution >= 0.6 is 0 Å². The van der Waals surface area contributed by atoms with Crippen molar-refractivity contribution in [3.63, 3.8) is 0 Å². The molecule has 1 aliphatic carbocycles. The van der Waals surface area contributed by atoms with Gasteiger partial charge in [0.2, 0.25) is 11.6 Å². The second-order valence-electron chi connectivity index (χ2n) is 1.93. The second-order valence-corrected chi connectivity index (χ2v) is 1.93. The zero-order valence-corrected chi connectivity index (χ0v) is 5.13. The number of nitrogens with two attached hydrogens (primary N) is 2. The molecule has 0 saturated carbocycles. The van der Waals surface area contributed by atoms with Gasteiger partial charge in [0.05, 0.1) is 11.4 Å². The number of allylic oxidation sites excluding steroid dienone is 2. The van der Waals surface area contributed by atoms with Crippen LogP contribution < -0.4 is 11.5 Å². The lowest BCUT2D eigenvalue weighted by atomic mass is 10.1. The number of ketones is 2. The molecule has 1 aliphatic rings. The monoisotopic (exact) mass is 138 g/mol.